The minimum Gasteiger partial charge on any atom is -0.462 e. The summed E-state index contributed by atoms with van der Waals surface area (Å²) in [6.07, 6.45) is 0. The van der Waals surface area contributed by atoms with Gasteiger partial charge in [0, 0.05) is 0 Å². The molecular weight excluding hydrogens is 208 g/mol. The number of ether oxygens (including phenoxy) is 1. The highest BCUT2D eigenvalue weighted by molar-refractivity contribution is 6.73. The Balaban J connectivity index is 2.98. The van der Waals surface area contributed by atoms with Crippen LogP contribution in [0.15, 0.2) is 24.3 Å². The van der Waals surface area contributed by atoms with Gasteiger partial charge >= 0.3 is 12.9 Å². The minimum absolute atomic E-state index is 0.0754. The van der Waals surface area contributed by atoms with Gasteiger partial charge in [0.2, 0.25) is 0 Å². The molecule has 0 aliphatic heterocycles. The lowest BCUT2D eigenvalue weighted by molar-refractivity contribution is 0.0526. The van der Waals surface area contributed by atoms with Gasteiger partial charge in [-0.1, -0.05) is 18.2 Å². The van der Waals surface area contributed by atoms with E-state index in [1.54, 1.807) is 6.92 Å². The molecule has 6 heteroatoms. The number of carbonyl (C=O) groups is 1. The molecular formula is C9H9BF3O2-. The lowest BCUT2D eigenvalue weighted by Gasteiger charge is -2.15. The number of benzene rings is 1. The lowest BCUT2D eigenvalue weighted by Crippen LogP contribution is -2.34. The van der Waals surface area contributed by atoms with Crippen LogP contribution in [0.2, 0.25) is 0 Å². The van der Waals surface area contributed by atoms with Gasteiger partial charge in [-0.15, -0.1) is 5.46 Å². The molecule has 0 amide bonds. The zero-order valence-electron chi connectivity index (χ0n) is 8.04. The van der Waals surface area contributed by atoms with Crippen molar-refractivity contribution in [2.24, 2.45) is 0 Å². The van der Waals surface area contributed by atoms with Gasteiger partial charge in [-0.25, -0.2) is 4.79 Å². The third-order valence-electron chi connectivity index (χ3n) is 1.78. The highest BCUT2D eigenvalue weighted by atomic mass is 19.4. The van der Waals surface area contributed by atoms with E-state index in [2.05, 4.69) is 4.74 Å². The van der Waals surface area contributed by atoms with Gasteiger partial charge in [-0.2, -0.15) is 0 Å². The van der Waals surface area contributed by atoms with Crippen molar-refractivity contribution in [1.29, 1.82) is 0 Å². The standard InChI is InChI=1S/C9H9BF3O2/c1-2-15-9(14)7-4-3-5-8(6-7)10(11,12)13/h3-6H,2H2,1H3/q-1. The predicted octanol–water partition coefficient (Wildman–Crippen LogP) is 1.92. The Kier molecular flexibility index (Phi) is 3.39. The van der Waals surface area contributed by atoms with Crippen LogP contribution in [0.1, 0.15) is 17.3 Å². The molecule has 1 rings (SSSR count). The van der Waals surface area contributed by atoms with E-state index in [0.717, 1.165) is 12.1 Å². The minimum atomic E-state index is -5.07. The van der Waals surface area contributed by atoms with Crippen molar-refractivity contribution < 1.29 is 22.5 Å². The van der Waals surface area contributed by atoms with Crippen LogP contribution in [0.4, 0.5) is 12.9 Å². The van der Waals surface area contributed by atoms with E-state index in [0.29, 0.717) is 0 Å². The van der Waals surface area contributed by atoms with Gasteiger partial charge in [0.05, 0.1) is 12.2 Å². The van der Waals surface area contributed by atoms with Crippen molar-refractivity contribution in [2.45, 2.75) is 6.92 Å². The molecule has 1 aromatic rings. The second kappa shape index (κ2) is 4.38. The van der Waals surface area contributed by atoms with Crippen LogP contribution >= 0.6 is 0 Å². The summed E-state index contributed by atoms with van der Waals surface area (Å²) in [7, 11) is 0. The SMILES string of the molecule is CCOC(=O)c1cccc([B-](F)(F)F)c1. The van der Waals surface area contributed by atoms with E-state index < -0.39 is 18.4 Å². The van der Waals surface area contributed by atoms with E-state index in [-0.39, 0.29) is 12.2 Å². The highest BCUT2D eigenvalue weighted by Crippen LogP contribution is 2.10. The lowest BCUT2D eigenvalue weighted by atomic mass is 9.79. The summed E-state index contributed by atoms with van der Waals surface area (Å²) in [4.78, 5) is 11.1. The summed E-state index contributed by atoms with van der Waals surface area (Å²) >= 11 is 0. The Labute approximate surface area is 85.1 Å². The Morgan fingerprint density at radius 2 is 2.07 bits per heavy atom. The number of halogens is 3. The fourth-order valence-corrected chi connectivity index (χ4v) is 1.08. The molecule has 15 heavy (non-hydrogen) atoms. The average molecular weight is 217 g/mol. The first-order valence-electron chi connectivity index (χ1n) is 4.42. The smallest absolute Gasteiger partial charge is 0.462 e. The zero-order valence-corrected chi connectivity index (χ0v) is 8.04. The Morgan fingerprint density at radius 3 is 2.60 bits per heavy atom. The van der Waals surface area contributed by atoms with Gasteiger partial charge in [0.25, 0.3) is 0 Å². The van der Waals surface area contributed by atoms with Crippen molar-refractivity contribution in [3.8, 4) is 0 Å². The first-order chi connectivity index (χ1) is 6.95. The Bertz CT molecular complexity index is 363. The second-order valence-electron chi connectivity index (χ2n) is 2.92. The Morgan fingerprint density at radius 1 is 1.40 bits per heavy atom. The van der Waals surface area contributed by atoms with Crippen LogP contribution in [-0.4, -0.2) is 19.6 Å². The van der Waals surface area contributed by atoms with E-state index in [9.17, 15) is 17.7 Å². The third-order valence-corrected chi connectivity index (χ3v) is 1.78. The van der Waals surface area contributed by atoms with Crippen LogP contribution in [0, 0.1) is 0 Å². The van der Waals surface area contributed by atoms with Crippen molar-refractivity contribution in [2.75, 3.05) is 6.61 Å². The van der Waals surface area contributed by atoms with Gasteiger partial charge in [0.1, 0.15) is 0 Å². The maximum Gasteiger partial charge on any atom is 0.509 e. The van der Waals surface area contributed by atoms with Gasteiger partial charge in [0.15, 0.2) is 0 Å². The van der Waals surface area contributed by atoms with Crippen molar-refractivity contribution in [3.63, 3.8) is 0 Å². The highest BCUT2D eigenvalue weighted by Gasteiger charge is 2.26. The van der Waals surface area contributed by atoms with Crippen LogP contribution in [0.25, 0.3) is 0 Å². The molecule has 0 spiro atoms. The molecule has 0 atom stereocenters. The summed E-state index contributed by atoms with van der Waals surface area (Å²) in [5.41, 5.74) is -0.867. The molecule has 0 saturated carbocycles. The van der Waals surface area contributed by atoms with Crippen LogP contribution in [0.3, 0.4) is 0 Å². The van der Waals surface area contributed by atoms with E-state index in [1.165, 1.54) is 12.1 Å². The zero-order chi connectivity index (χ0) is 11.5. The van der Waals surface area contributed by atoms with E-state index in [4.69, 9.17) is 0 Å². The first kappa shape index (κ1) is 11.6. The number of hydrogen-bond acceptors (Lipinski definition) is 2. The quantitative estimate of drug-likeness (QED) is 0.571. The molecule has 0 N–H and O–H groups in total. The van der Waals surface area contributed by atoms with Crippen molar-refractivity contribution in [1.82, 2.24) is 0 Å². The van der Waals surface area contributed by atoms with Crippen LogP contribution < -0.4 is 5.46 Å². The molecule has 0 fully saturated rings. The van der Waals surface area contributed by atoms with Crippen molar-refractivity contribution >= 4 is 18.4 Å². The molecule has 0 aliphatic rings. The largest absolute Gasteiger partial charge is 0.509 e. The summed E-state index contributed by atoms with van der Waals surface area (Å²) in [5, 5.41) is 0. The Hall–Kier alpha value is -1.46. The number of hydrogen-bond donors (Lipinski definition) is 0. The monoisotopic (exact) mass is 217 g/mol. The molecule has 0 radical (unpaired) electrons. The fourth-order valence-electron chi connectivity index (χ4n) is 1.08. The summed E-state index contributed by atoms with van der Waals surface area (Å²) < 4.78 is 41.6. The fraction of sp³-hybridized carbons (Fsp3) is 0.222. The number of esters is 1. The van der Waals surface area contributed by atoms with Gasteiger partial charge < -0.3 is 17.7 Å². The molecule has 0 heterocycles. The maximum atomic E-state index is 12.3. The molecule has 0 saturated heterocycles. The predicted molar refractivity (Wildman–Crippen MR) is 51.1 cm³/mol. The summed E-state index contributed by atoms with van der Waals surface area (Å²) in [6.45, 7) is -3.34. The first-order valence-corrected chi connectivity index (χ1v) is 4.42. The summed E-state index contributed by atoms with van der Waals surface area (Å²) in [6, 6.07) is 4.22. The van der Waals surface area contributed by atoms with Crippen LogP contribution in [-0.2, 0) is 4.74 Å². The molecule has 0 unspecified atom stereocenters. The van der Waals surface area contributed by atoms with Crippen molar-refractivity contribution in [3.05, 3.63) is 29.8 Å². The molecule has 82 valence electrons. The second-order valence-corrected chi connectivity index (χ2v) is 2.92. The van der Waals surface area contributed by atoms with Crippen LogP contribution in [0.5, 0.6) is 0 Å². The average Bonchev–Trinajstić information content (AvgIpc) is 2.17. The van der Waals surface area contributed by atoms with E-state index >= 15 is 0 Å². The molecule has 0 aromatic heterocycles. The van der Waals surface area contributed by atoms with E-state index in [1.807, 2.05) is 0 Å². The topological polar surface area (TPSA) is 26.3 Å². The van der Waals surface area contributed by atoms with Gasteiger partial charge in [-0.3, -0.25) is 0 Å². The molecule has 0 bridgehead atoms. The molecule has 1 aromatic carbocycles. The third kappa shape index (κ3) is 3.01. The molecule has 0 aliphatic carbocycles. The number of rotatable bonds is 3. The normalized spacial score (nSPS) is 11.2. The molecule has 2 nitrogen and oxygen atoms in total. The maximum absolute atomic E-state index is 12.3. The van der Waals surface area contributed by atoms with Gasteiger partial charge in [-0.05, 0) is 13.0 Å². The summed E-state index contributed by atoms with van der Waals surface area (Å²) in [5.74, 6) is -0.737. The number of carbonyl (C=O) groups excluding carboxylic acids is 1.